The number of piperidine rings is 1. The van der Waals surface area contributed by atoms with Crippen LogP contribution in [0.1, 0.15) is 23.6 Å². The highest BCUT2D eigenvalue weighted by Crippen LogP contribution is 2.38. The lowest BCUT2D eigenvalue weighted by Crippen LogP contribution is -2.46. The molecule has 138 valence electrons. The van der Waals surface area contributed by atoms with Crippen LogP contribution >= 0.6 is 15.9 Å². The van der Waals surface area contributed by atoms with Gasteiger partial charge in [-0.05, 0) is 36.1 Å². The third-order valence-corrected chi connectivity index (χ3v) is 6.24. The van der Waals surface area contributed by atoms with Gasteiger partial charge in [0.15, 0.2) is 11.5 Å². The van der Waals surface area contributed by atoms with Gasteiger partial charge in [-0.25, -0.2) is 0 Å². The second kappa shape index (κ2) is 7.08. The summed E-state index contributed by atoms with van der Waals surface area (Å²) in [7, 11) is 3.31. The summed E-state index contributed by atoms with van der Waals surface area (Å²) >= 11 is 3.67. The largest absolute Gasteiger partial charge is 0.493 e. The van der Waals surface area contributed by atoms with Crippen molar-refractivity contribution in [2.45, 2.75) is 25.4 Å². The number of hydrogen-bond acceptors (Lipinski definition) is 4. The van der Waals surface area contributed by atoms with Gasteiger partial charge in [0.25, 0.3) is 5.56 Å². The summed E-state index contributed by atoms with van der Waals surface area (Å²) in [5.74, 6) is 2.43. The number of ether oxygens (including phenoxy) is 2. The Morgan fingerprint density at radius 2 is 1.88 bits per heavy atom. The van der Waals surface area contributed by atoms with E-state index in [-0.39, 0.29) is 5.56 Å². The molecule has 2 atom stereocenters. The zero-order valence-corrected chi connectivity index (χ0v) is 16.7. The molecule has 1 aromatic heterocycles. The number of pyridine rings is 1. The first-order valence-corrected chi connectivity index (χ1v) is 9.71. The number of fused-ring (bicyclic) bond motifs is 4. The molecule has 2 aromatic rings. The SMILES string of the molecule is COc1cc(Br)c(CN2CC3CC(C2)c2cccc(=O)n2C3)cc1OC. The number of hydrogen-bond donors (Lipinski definition) is 0. The number of methoxy groups -OCH3 is 2. The molecule has 0 amide bonds. The van der Waals surface area contributed by atoms with Gasteiger partial charge >= 0.3 is 0 Å². The molecule has 0 saturated carbocycles. The van der Waals surface area contributed by atoms with Gasteiger partial charge in [-0.3, -0.25) is 9.69 Å². The summed E-state index contributed by atoms with van der Waals surface area (Å²) in [6, 6.07) is 9.68. The van der Waals surface area contributed by atoms with Crippen molar-refractivity contribution in [3.05, 3.63) is 56.4 Å². The van der Waals surface area contributed by atoms with E-state index in [0.717, 1.165) is 42.2 Å². The Morgan fingerprint density at radius 1 is 1.12 bits per heavy atom. The van der Waals surface area contributed by atoms with Crippen molar-refractivity contribution >= 4 is 15.9 Å². The molecule has 2 bridgehead atoms. The molecule has 5 nitrogen and oxygen atoms in total. The molecule has 26 heavy (non-hydrogen) atoms. The summed E-state index contributed by atoms with van der Waals surface area (Å²) in [6.07, 6.45) is 1.17. The van der Waals surface area contributed by atoms with Crippen molar-refractivity contribution in [3.8, 4) is 11.5 Å². The Morgan fingerprint density at radius 3 is 2.65 bits per heavy atom. The van der Waals surface area contributed by atoms with E-state index in [1.165, 1.54) is 17.7 Å². The van der Waals surface area contributed by atoms with E-state index >= 15 is 0 Å². The predicted molar refractivity (Wildman–Crippen MR) is 104 cm³/mol. The molecule has 0 spiro atoms. The minimum atomic E-state index is 0.133. The van der Waals surface area contributed by atoms with Gasteiger partial charge in [0.2, 0.25) is 0 Å². The van der Waals surface area contributed by atoms with E-state index in [1.54, 1.807) is 20.3 Å². The molecular formula is C20H23BrN2O3. The summed E-state index contributed by atoms with van der Waals surface area (Å²) in [4.78, 5) is 14.7. The van der Waals surface area contributed by atoms with Crippen LogP contribution in [-0.2, 0) is 13.1 Å². The fourth-order valence-electron chi connectivity index (χ4n) is 4.38. The number of rotatable bonds is 4. The summed E-state index contributed by atoms with van der Waals surface area (Å²) < 4.78 is 13.8. The fourth-order valence-corrected chi connectivity index (χ4v) is 4.83. The van der Waals surface area contributed by atoms with E-state index in [0.29, 0.717) is 11.8 Å². The minimum Gasteiger partial charge on any atom is -0.493 e. The van der Waals surface area contributed by atoms with Gasteiger partial charge in [0.05, 0.1) is 14.2 Å². The molecule has 2 aliphatic rings. The number of likely N-dealkylation sites (tertiary alicyclic amines) is 1. The van der Waals surface area contributed by atoms with Crippen LogP contribution in [0.4, 0.5) is 0 Å². The molecule has 2 unspecified atom stereocenters. The van der Waals surface area contributed by atoms with Crippen LogP contribution in [0.3, 0.4) is 0 Å². The number of halogens is 1. The zero-order valence-electron chi connectivity index (χ0n) is 15.1. The topological polar surface area (TPSA) is 43.7 Å². The highest BCUT2D eigenvalue weighted by Gasteiger charge is 2.34. The number of aromatic nitrogens is 1. The zero-order chi connectivity index (χ0) is 18.3. The van der Waals surface area contributed by atoms with Crippen LogP contribution in [0.5, 0.6) is 11.5 Å². The van der Waals surface area contributed by atoms with Gasteiger partial charge in [0.1, 0.15) is 0 Å². The molecular weight excluding hydrogens is 396 g/mol. The van der Waals surface area contributed by atoms with Crippen LogP contribution in [-0.4, -0.2) is 36.8 Å². The molecule has 6 heteroatoms. The van der Waals surface area contributed by atoms with E-state index in [2.05, 4.69) is 26.9 Å². The van der Waals surface area contributed by atoms with Crippen molar-refractivity contribution in [3.63, 3.8) is 0 Å². The third kappa shape index (κ3) is 3.16. The van der Waals surface area contributed by atoms with Crippen LogP contribution in [0.15, 0.2) is 39.6 Å². The van der Waals surface area contributed by atoms with E-state index < -0.39 is 0 Å². The molecule has 0 aliphatic carbocycles. The maximum Gasteiger partial charge on any atom is 0.250 e. The maximum absolute atomic E-state index is 12.2. The number of benzene rings is 1. The van der Waals surface area contributed by atoms with Gasteiger partial charge in [-0.15, -0.1) is 0 Å². The Hall–Kier alpha value is -1.79. The molecule has 1 saturated heterocycles. The van der Waals surface area contributed by atoms with E-state index in [4.69, 9.17) is 9.47 Å². The Labute approximate surface area is 161 Å². The second-order valence-corrected chi connectivity index (χ2v) is 8.05. The van der Waals surface area contributed by atoms with Crippen molar-refractivity contribution in [1.29, 1.82) is 0 Å². The summed E-state index contributed by atoms with van der Waals surface area (Å²) in [5, 5.41) is 0. The lowest BCUT2D eigenvalue weighted by molar-refractivity contribution is 0.114. The number of nitrogens with zero attached hydrogens (tertiary/aromatic N) is 2. The molecule has 3 heterocycles. The summed E-state index contributed by atoms with van der Waals surface area (Å²) in [5.41, 5.74) is 2.51. The Balaban J connectivity index is 1.58. The first-order valence-electron chi connectivity index (χ1n) is 8.91. The van der Waals surface area contributed by atoms with Gasteiger partial charge in [-0.2, -0.15) is 0 Å². The molecule has 1 aromatic carbocycles. The smallest absolute Gasteiger partial charge is 0.250 e. The third-order valence-electron chi connectivity index (χ3n) is 5.50. The first-order chi connectivity index (χ1) is 12.6. The van der Waals surface area contributed by atoms with Crippen molar-refractivity contribution < 1.29 is 9.47 Å². The van der Waals surface area contributed by atoms with Crippen LogP contribution in [0.2, 0.25) is 0 Å². The highest BCUT2D eigenvalue weighted by molar-refractivity contribution is 9.10. The molecule has 4 rings (SSSR count). The van der Waals surface area contributed by atoms with Crippen molar-refractivity contribution in [1.82, 2.24) is 9.47 Å². The van der Waals surface area contributed by atoms with Crippen LogP contribution in [0.25, 0.3) is 0 Å². The molecule has 2 aliphatic heterocycles. The normalized spacial score (nSPS) is 22.0. The molecule has 1 fully saturated rings. The highest BCUT2D eigenvalue weighted by atomic mass is 79.9. The standard InChI is InChI=1S/C20H23BrN2O3/c1-25-18-7-14(16(21)8-19(18)26-2)11-22-9-13-6-15(12-22)17-4-3-5-20(24)23(17)10-13/h3-5,7-8,13,15H,6,9-12H2,1-2H3. The second-order valence-electron chi connectivity index (χ2n) is 7.19. The van der Waals surface area contributed by atoms with Crippen molar-refractivity contribution in [2.24, 2.45) is 5.92 Å². The monoisotopic (exact) mass is 418 g/mol. The molecule has 0 N–H and O–H groups in total. The maximum atomic E-state index is 12.2. The Kier molecular flexibility index (Phi) is 4.80. The van der Waals surface area contributed by atoms with E-state index in [9.17, 15) is 4.79 Å². The average Bonchev–Trinajstić information content (AvgIpc) is 2.64. The fraction of sp³-hybridized carbons (Fsp3) is 0.450. The average molecular weight is 419 g/mol. The predicted octanol–water partition coefficient (Wildman–Crippen LogP) is 3.25. The lowest BCUT2D eigenvalue weighted by Gasteiger charge is -2.43. The van der Waals surface area contributed by atoms with Crippen LogP contribution < -0.4 is 15.0 Å². The quantitative estimate of drug-likeness (QED) is 0.764. The van der Waals surface area contributed by atoms with Gasteiger partial charge in [0, 0.05) is 48.3 Å². The summed E-state index contributed by atoms with van der Waals surface area (Å²) in [6.45, 7) is 3.67. The lowest BCUT2D eigenvalue weighted by atomic mass is 9.83. The van der Waals surface area contributed by atoms with Gasteiger partial charge < -0.3 is 14.0 Å². The minimum absolute atomic E-state index is 0.133. The van der Waals surface area contributed by atoms with Crippen LogP contribution in [0, 0.1) is 5.92 Å². The first kappa shape index (κ1) is 17.6. The molecule has 0 radical (unpaired) electrons. The van der Waals surface area contributed by atoms with E-state index in [1.807, 2.05) is 22.8 Å². The van der Waals surface area contributed by atoms with Crippen molar-refractivity contribution in [2.75, 3.05) is 27.3 Å². The Bertz CT molecular complexity index is 880. The van der Waals surface area contributed by atoms with Gasteiger partial charge in [-0.1, -0.05) is 22.0 Å².